The molecule has 3 rings (SSSR count). The highest BCUT2D eigenvalue weighted by atomic mass is 16.5. The fraction of sp³-hybridized carbons (Fsp3) is 0.429. The van der Waals surface area contributed by atoms with Crippen molar-refractivity contribution in [2.45, 2.75) is 32.2 Å². The number of carboxylic acids is 1. The summed E-state index contributed by atoms with van der Waals surface area (Å²) in [6.07, 6.45) is 2.83. The summed E-state index contributed by atoms with van der Waals surface area (Å²) in [7, 11) is 1.58. The van der Waals surface area contributed by atoms with Gasteiger partial charge >= 0.3 is 5.97 Å². The summed E-state index contributed by atoms with van der Waals surface area (Å²) in [5.41, 5.74) is 1.01. The van der Waals surface area contributed by atoms with Gasteiger partial charge < -0.3 is 15.2 Å². The number of nitrogens with zero attached hydrogens (tertiary/aromatic N) is 2. The van der Waals surface area contributed by atoms with Crippen LogP contribution in [0.2, 0.25) is 0 Å². The molecule has 1 amide bonds. The van der Waals surface area contributed by atoms with Crippen LogP contribution in [0, 0.1) is 11.8 Å². The number of amides is 1. The van der Waals surface area contributed by atoms with E-state index in [9.17, 15) is 14.4 Å². The highest BCUT2D eigenvalue weighted by Gasteiger charge is 2.26. The Morgan fingerprint density at radius 3 is 2.66 bits per heavy atom. The highest BCUT2D eigenvalue weighted by Crippen LogP contribution is 2.28. The maximum Gasteiger partial charge on any atom is 0.306 e. The molecule has 0 unspecified atom stereocenters. The van der Waals surface area contributed by atoms with Crippen molar-refractivity contribution in [3.63, 3.8) is 0 Å². The number of ether oxygens (including phenoxy) is 1. The second-order valence-corrected chi connectivity index (χ2v) is 7.31. The van der Waals surface area contributed by atoms with Gasteiger partial charge in [-0.3, -0.25) is 14.4 Å². The van der Waals surface area contributed by atoms with E-state index in [1.165, 1.54) is 6.07 Å². The lowest BCUT2D eigenvalue weighted by atomic mass is 9.82. The van der Waals surface area contributed by atoms with Crippen molar-refractivity contribution in [2.24, 2.45) is 11.8 Å². The van der Waals surface area contributed by atoms with E-state index in [-0.39, 0.29) is 29.8 Å². The lowest BCUT2D eigenvalue weighted by Gasteiger charge is -2.26. The van der Waals surface area contributed by atoms with Gasteiger partial charge in [-0.15, -0.1) is 0 Å². The van der Waals surface area contributed by atoms with Crippen molar-refractivity contribution in [1.29, 1.82) is 0 Å². The summed E-state index contributed by atoms with van der Waals surface area (Å²) in [6.45, 7) is 0.316. The third-order valence-corrected chi connectivity index (χ3v) is 5.31. The Hall–Kier alpha value is -3.16. The van der Waals surface area contributed by atoms with E-state index in [1.54, 1.807) is 13.2 Å². The summed E-state index contributed by atoms with van der Waals surface area (Å²) >= 11 is 0. The molecule has 1 aliphatic carbocycles. The third kappa shape index (κ3) is 5.43. The Labute approximate surface area is 168 Å². The molecule has 8 heteroatoms. The first-order chi connectivity index (χ1) is 14.0. The zero-order chi connectivity index (χ0) is 20.8. The Balaban J connectivity index is 1.59. The molecule has 0 aliphatic heterocycles. The topological polar surface area (TPSA) is 111 Å². The molecule has 1 saturated carbocycles. The van der Waals surface area contributed by atoms with Crippen LogP contribution < -0.4 is 15.6 Å². The Morgan fingerprint density at radius 1 is 1.21 bits per heavy atom. The van der Waals surface area contributed by atoms with E-state index < -0.39 is 5.97 Å². The second kappa shape index (κ2) is 9.36. The zero-order valence-corrected chi connectivity index (χ0v) is 16.3. The molecule has 0 radical (unpaired) electrons. The molecule has 0 bridgehead atoms. The van der Waals surface area contributed by atoms with Gasteiger partial charge in [-0.1, -0.05) is 12.1 Å². The van der Waals surface area contributed by atoms with Crippen molar-refractivity contribution in [3.8, 4) is 17.0 Å². The Bertz CT molecular complexity index is 932. The van der Waals surface area contributed by atoms with E-state index >= 15 is 0 Å². The molecule has 1 fully saturated rings. The normalized spacial score (nSPS) is 18.8. The number of aromatic nitrogens is 2. The average Bonchev–Trinajstić information content (AvgIpc) is 2.74. The van der Waals surface area contributed by atoms with E-state index in [4.69, 9.17) is 9.84 Å². The smallest absolute Gasteiger partial charge is 0.306 e. The molecule has 8 nitrogen and oxygen atoms in total. The first-order valence-corrected chi connectivity index (χ1v) is 9.68. The van der Waals surface area contributed by atoms with Gasteiger partial charge in [-0.2, -0.15) is 5.10 Å². The largest absolute Gasteiger partial charge is 0.497 e. The summed E-state index contributed by atoms with van der Waals surface area (Å²) in [6, 6.07) is 10.3. The minimum absolute atomic E-state index is 0.166. The van der Waals surface area contributed by atoms with Gasteiger partial charge in [-0.25, -0.2) is 4.68 Å². The van der Waals surface area contributed by atoms with Crippen LogP contribution in [0.25, 0.3) is 11.3 Å². The van der Waals surface area contributed by atoms with E-state index in [2.05, 4.69) is 10.4 Å². The molecule has 29 heavy (non-hydrogen) atoms. The summed E-state index contributed by atoms with van der Waals surface area (Å²) in [5.74, 6) is -0.361. The summed E-state index contributed by atoms with van der Waals surface area (Å²) in [4.78, 5) is 35.4. The van der Waals surface area contributed by atoms with Crippen LogP contribution in [0.5, 0.6) is 5.75 Å². The lowest BCUT2D eigenvalue weighted by Crippen LogP contribution is -2.37. The average molecular weight is 399 g/mol. The number of carbonyl (C=O) groups excluding carboxylic acids is 1. The van der Waals surface area contributed by atoms with Crippen LogP contribution in [-0.2, 0) is 16.1 Å². The standard InChI is InChI=1S/C21H25N3O5/c1-29-17-4-2-3-16(11-17)18-9-10-20(26)24(23-18)13-19(25)22-12-14-5-7-15(8-6-14)21(27)28/h2-4,9-11,14-15H,5-8,12-13H2,1H3,(H,22,25)(H,27,28). The van der Waals surface area contributed by atoms with Crippen molar-refractivity contribution in [2.75, 3.05) is 13.7 Å². The SMILES string of the molecule is COc1cccc(-c2ccc(=O)n(CC(=O)NCC3CCC(C(=O)O)CC3)n2)c1. The molecule has 0 saturated heterocycles. The minimum Gasteiger partial charge on any atom is -0.497 e. The molecule has 0 atom stereocenters. The van der Waals surface area contributed by atoms with Crippen molar-refractivity contribution >= 4 is 11.9 Å². The number of rotatable bonds is 7. The second-order valence-electron chi connectivity index (χ2n) is 7.31. The lowest BCUT2D eigenvalue weighted by molar-refractivity contribution is -0.143. The molecule has 1 aromatic carbocycles. The molecular formula is C21H25N3O5. The molecule has 1 heterocycles. The first-order valence-electron chi connectivity index (χ1n) is 9.68. The molecule has 2 aromatic rings. The zero-order valence-electron chi connectivity index (χ0n) is 16.3. The predicted molar refractivity (Wildman–Crippen MR) is 107 cm³/mol. The fourth-order valence-corrected chi connectivity index (χ4v) is 3.56. The Morgan fingerprint density at radius 2 is 1.97 bits per heavy atom. The van der Waals surface area contributed by atoms with E-state index in [1.807, 2.05) is 24.3 Å². The first kappa shape index (κ1) is 20.6. The molecule has 0 spiro atoms. The number of nitrogens with one attached hydrogen (secondary N) is 1. The van der Waals surface area contributed by atoms with Crippen LogP contribution in [-0.4, -0.2) is 40.4 Å². The van der Waals surface area contributed by atoms with Gasteiger partial charge in [0.2, 0.25) is 5.91 Å². The van der Waals surface area contributed by atoms with Crippen LogP contribution >= 0.6 is 0 Å². The fourth-order valence-electron chi connectivity index (χ4n) is 3.56. The maximum absolute atomic E-state index is 12.3. The summed E-state index contributed by atoms with van der Waals surface area (Å²) < 4.78 is 6.36. The number of hydrogen-bond donors (Lipinski definition) is 2. The molecule has 2 N–H and O–H groups in total. The van der Waals surface area contributed by atoms with E-state index in [0.717, 1.165) is 23.1 Å². The number of carbonyl (C=O) groups is 2. The quantitative estimate of drug-likeness (QED) is 0.736. The monoisotopic (exact) mass is 399 g/mol. The van der Waals surface area contributed by atoms with Crippen molar-refractivity contribution in [3.05, 3.63) is 46.8 Å². The van der Waals surface area contributed by atoms with Crippen molar-refractivity contribution < 1.29 is 19.4 Å². The van der Waals surface area contributed by atoms with Gasteiger partial charge in [0, 0.05) is 18.2 Å². The highest BCUT2D eigenvalue weighted by molar-refractivity contribution is 5.75. The number of aliphatic carboxylic acids is 1. The van der Waals surface area contributed by atoms with Crippen LogP contribution in [0.1, 0.15) is 25.7 Å². The van der Waals surface area contributed by atoms with Gasteiger partial charge in [0.1, 0.15) is 12.3 Å². The maximum atomic E-state index is 12.3. The summed E-state index contributed by atoms with van der Waals surface area (Å²) in [5, 5.41) is 16.2. The molecular weight excluding hydrogens is 374 g/mol. The molecule has 154 valence electrons. The molecule has 1 aliphatic rings. The molecule has 1 aromatic heterocycles. The van der Waals surface area contributed by atoms with Crippen molar-refractivity contribution in [1.82, 2.24) is 15.1 Å². The third-order valence-electron chi connectivity index (χ3n) is 5.31. The van der Waals surface area contributed by atoms with Crippen LogP contribution in [0.15, 0.2) is 41.2 Å². The predicted octanol–water partition coefficient (Wildman–Crippen LogP) is 1.93. The minimum atomic E-state index is -0.742. The Kier molecular flexibility index (Phi) is 6.64. The van der Waals surface area contributed by atoms with Gasteiger partial charge in [-0.05, 0) is 49.8 Å². The number of hydrogen-bond acceptors (Lipinski definition) is 5. The van der Waals surface area contributed by atoms with Gasteiger partial charge in [0.25, 0.3) is 5.56 Å². The number of carboxylic acid groups (broad SMARTS) is 1. The van der Waals surface area contributed by atoms with Crippen LogP contribution in [0.3, 0.4) is 0 Å². The van der Waals surface area contributed by atoms with Gasteiger partial charge in [0.05, 0.1) is 18.7 Å². The number of benzene rings is 1. The number of methoxy groups -OCH3 is 1. The van der Waals surface area contributed by atoms with E-state index in [0.29, 0.717) is 30.8 Å². The van der Waals surface area contributed by atoms with Crippen LogP contribution in [0.4, 0.5) is 0 Å². The van der Waals surface area contributed by atoms with Gasteiger partial charge in [0.15, 0.2) is 0 Å².